The molecular formula is C16H21ClN2S. The van der Waals surface area contributed by atoms with Crippen LogP contribution >= 0.6 is 22.9 Å². The van der Waals surface area contributed by atoms with E-state index in [9.17, 15) is 0 Å². The van der Waals surface area contributed by atoms with Crippen molar-refractivity contribution >= 4 is 22.9 Å². The Morgan fingerprint density at radius 1 is 1.30 bits per heavy atom. The van der Waals surface area contributed by atoms with Crippen molar-refractivity contribution in [2.45, 2.75) is 38.6 Å². The van der Waals surface area contributed by atoms with Gasteiger partial charge in [-0.2, -0.15) is 0 Å². The molecule has 0 aliphatic heterocycles. The van der Waals surface area contributed by atoms with Crippen LogP contribution in [0, 0.1) is 0 Å². The molecule has 1 aromatic heterocycles. The summed E-state index contributed by atoms with van der Waals surface area (Å²) in [5.41, 5.74) is 1.31. The molecule has 0 aliphatic rings. The first-order valence-electron chi connectivity index (χ1n) is 7.09. The average Bonchev–Trinajstić information content (AvgIpc) is 2.98. The zero-order valence-corrected chi connectivity index (χ0v) is 13.5. The quantitative estimate of drug-likeness (QED) is 0.776. The second-order valence-electron chi connectivity index (χ2n) is 5.07. The summed E-state index contributed by atoms with van der Waals surface area (Å²) in [6.45, 7) is 5.38. The second kappa shape index (κ2) is 7.77. The molecule has 2 nitrogen and oxygen atoms in total. The van der Waals surface area contributed by atoms with E-state index in [0.29, 0.717) is 12.0 Å². The minimum absolute atomic E-state index is 0.389. The molecule has 1 heterocycles. The Kier molecular flexibility index (Phi) is 6.02. The van der Waals surface area contributed by atoms with Crippen LogP contribution in [0.1, 0.15) is 49.2 Å². The van der Waals surface area contributed by atoms with E-state index < -0.39 is 0 Å². The highest BCUT2D eigenvalue weighted by molar-refractivity contribution is 7.09. The first-order chi connectivity index (χ1) is 9.70. The van der Waals surface area contributed by atoms with Crippen LogP contribution in [-0.4, -0.2) is 11.5 Å². The summed E-state index contributed by atoms with van der Waals surface area (Å²) in [5, 5.41) is 7.69. The first kappa shape index (κ1) is 15.5. The molecule has 1 N–H and O–H groups in total. The van der Waals surface area contributed by atoms with Gasteiger partial charge in [0.25, 0.3) is 0 Å². The predicted octanol–water partition coefficient (Wildman–Crippen LogP) is 5.03. The maximum atomic E-state index is 5.96. The van der Waals surface area contributed by atoms with Gasteiger partial charge in [-0.25, -0.2) is 4.98 Å². The second-order valence-corrected chi connectivity index (χ2v) is 6.44. The van der Waals surface area contributed by atoms with Crippen molar-refractivity contribution in [2.24, 2.45) is 0 Å². The van der Waals surface area contributed by atoms with E-state index in [0.717, 1.165) is 24.4 Å². The summed E-state index contributed by atoms with van der Waals surface area (Å²) in [6.07, 6.45) is 4.16. The number of aromatic nitrogens is 1. The Morgan fingerprint density at radius 3 is 2.65 bits per heavy atom. The van der Waals surface area contributed by atoms with Crippen LogP contribution in [0.2, 0.25) is 5.02 Å². The van der Waals surface area contributed by atoms with Crippen LogP contribution in [0.3, 0.4) is 0 Å². The summed E-state index contributed by atoms with van der Waals surface area (Å²) in [5.74, 6) is 0.446. The Labute approximate surface area is 130 Å². The van der Waals surface area contributed by atoms with Crippen LogP contribution < -0.4 is 5.32 Å². The molecule has 2 unspecified atom stereocenters. The molecular weight excluding hydrogens is 288 g/mol. The molecule has 1 aromatic carbocycles. The zero-order valence-electron chi connectivity index (χ0n) is 12.0. The fraction of sp³-hybridized carbons (Fsp3) is 0.438. The molecule has 2 rings (SSSR count). The minimum Gasteiger partial charge on any atom is -0.309 e. The lowest BCUT2D eigenvalue weighted by Crippen LogP contribution is -2.25. The molecule has 0 amide bonds. The normalized spacial score (nSPS) is 14.2. The van der Waals surface area contributed by atoms with E-state index in [1.165, 1.54) is 10.6 Å². The monoisotopic (exact) mass is 308 g/mol. The number of rotatable bonds is 7. The lowest BCUT2D eigenvalue weighted by Gasteiger charge is -2.20. The fourth-order valence-corrected chi connectivity index (χ4v) is 3.08. The van der Waals surface area contributed by atoms with Gasteiger partial charge in [0.2, 0.25) is 0 Å². The number of nitrogens with one attached hydrogen (secondary N) is 1. The van der Waals surface area contributed by atoms with Gasteiger partial charge in [0.15, 0.2) is 0 Å². The van der Waals surface area contributed by atoms with Crippen molar-refractivity contribution < 1.29 is 0 Å². The molecule has 108 valence electrons. The Bertz CT molecular complexity index is 496. The third kappa shape index (κ3) is 4.30. The number of halogens is 1. The highest BCUT2D eigenvalue weighted by Gasteiger charge is 2.13. The molecule has 0 saturated carbocycles. The van der Waals surface area contributed by atoms with E-state index in [4.69, 9.17) is 11.6 Å². The lowest BCUT2D eigenvalue weighted by molar-refractivity contribution is 0.474. The topological polar surface area (TPSA) is 24.9 Å². The molecule has 0 spiro atoms. The van der Waals surface area contributed by atoms with Gasteiger partial charge in [0, 0.05) is 35.1 Å². The highest BCUT2D eigenvalue weighted by Crippen LogP contribution is 2.23. The molecule has 20 heavy (non-hydrogen) atoms. The largest absolute Gasteiger partial charge is 0.309 e. The minimum atomic E-state index is 0.389. The number of thiazole rings is 1. The van der Waals surface area contributed by atoms with Crippen molar-refractivity contribution in [3.05, 3.63) is 51.4 Å². The molecule has 4 heteroatoms. The van der Waals surface area contributed by atoms with Gasteiger partial charge in [0.05, 0.1) is 5.01 Å². The van der Waals surface area contributed by atoms with E-state index in [1.54, 1.807) is 11.3 Å². The van der Waals surface area contributed by atoms with Gasteiger partial charge in [0.1, 0.15) is 0 Å². The Hall–Kier alpha value is -0.900. The highest BCUT2D eigenvalue weighted by atomic mass is 35.5. The van der Waals surface area contributed by atoms with Gasteiger partial charge in [-0.1, -0.05) is 44.0 Å². The molecule has 0 saturated heterocycles. The molecule has 0 bridgehead atoms. The van der Waals surface area contributed by atoms with E-state index >= 15 is 0 Å². The zero-order chi connectivity index (χ0) is 14.4. The van der Waals surface area contributed by atoms with E-state index in [2.05, 4.69) is 36.3 Å². The van der Waals surface area contributed by atoms with Crippen LogP contribution in [-0.2, 0) is 0 Å². The molecule has 2 atom stereocenters. The molecule has 2 aromatic rings. The summed E-state index contributed by atoms with van der Waals surface area (Å²) in [7, 11) is 0. The predicted molar refractivity (Wildman–Crippen MR) is 87.6 cm³/mol. The first-order valence-corrected chi connectivity index (χ1v) is 8.34. The van der Waals surface area contributed by atoms with Crippen LogP contribution in [0.15, 0.2) is 35.8 Å². The number of benzene rings is 1. The third-order valence-electron chi connectivity index (χ3n) is 3.39. The summed E-state index contributed by atoms with van der Waals surface area (Å²) in [4.78, 5) is 4.39. The van der Waals surface area contributed by atoms with Crippen LogP contribution in [0.4, 0.5) is 0 Å². The summed E-state index contributed by atoms with van der Waals surface area (Å²) < 4.78 is 0. The standard InChI is InChI=1S/C16H21ClN2S/c1-3-4-15(13-5-7-14(17)8-6-13)19-11-12(2)16-18-9-10-20-16/h5-10,12,15,19H,3-4,11H2,1-2H3. The van der Waals surface area contributed by atoms with Crippen LogP contribution in [0.5, 0.6) is 0 Å². The smallest absolute Gasteiger partial charge is 0.0965 e. The van der Waals surface area contributed by atoms with Crippen molar-refractivity contribution in [3.8, 4) is 0 Å². The number of hydrogen-bond acceptors (Lipinski definition) is 3. The Morgan fingerprint density at radius 2 is 2.05 bits per heavy atom. The average molecular weight is 309 g/mol. The fourth-order valence-electron chi connectivity index (χ4n) is 2.25. The number of nitrogens with zero attached hydrogens (tertiary/aromatic N) is 1. The van der Waals surface area contributed by atoms with Gasteiger partial charge < -0.3 is 5.32 Å². The number of hydrogen-bond donors (Lipinski definition) is 1. The van der Waals surface area contributed by atoms with Gasteiger partial charge in [-0.3, -0.25) is 0 Å². The van der Waals surface area contributed by atoms with Crippen molar-refractivity contribution in [1.82, 2.24) is 10.3 Å². The van der Waals surface area contributed by atoms with Crippen molar-refractivity contribution in [3.63, 3.8) is 0 Å². The third-order valence-corrected chi connectivity index (χ3v) is 4.65. The van der Waals surface area contributed by atoms with Gasteiger partial charge in [-0.05, 0) is 24.1 Å². The maximum absolute atomic E-state index is 5.96. The summed E-state index contributed by atoms with van der Waals surface area (Å²) in [6, 6.07) is 8.55. The van der Waals surface area contributed by atoms with Gasteiger partial charge in [-0.15, -0.1) is 11.3 Å². The van der Waals surface area contributed by atoms with Crippen molar-refractivity contribution in [2.75, 3.05) is 6.54 Å². The lowest BCUT2D eigenvalue weighted by atomic mass is 10.0. The molecule has 0 fully saturated rings. The molecule has 0 aliphatic carbocycles. The van der Waals surface area contributed by atoms with E-state index in [1.807, 2.05) is 23.7 Å². The SMILES string of the molecule is CCCC(NCC(C)c1nccs1)c1ccc(Cl)cc1. The Balaban J connectivity index is 1.97. The summed E-state index contributed by atoms with van der Waals surface area (Å²) >= 11 is 7.69. The van der Waals surface area contributed by atoms with E-state index in [-0.39, 0.29) is 0 Å². The van der Waals surface area contributed by atoms with Crippen molar-refractivity contribution in [1.29, 1.82) is 0 Å². The van der Waals surface area contributed by atoms with Crippen LogP contribution in [0.25, 0.3) is 0 Å². The maximum Gasteiger partial charge on any atom is 0.0965 e. The molecule has 0 radical (unpaired) electrons. The van der Waals surface area contributed by atoms with Gasteiger partial charge >= 0.3 is 0 Å².